The molecule has 1 aromatic rings. The molecular formula is C14H19NO2. The Bertz CT molecular complexity index is 399. The fourth-order valence-corrected chi connectivity index (χ4v) is 1.59. The van der Waals surface area contributed by atoms with Crippen LogP contribution in [-0.2, 0) is 16.0 Å². The maximum absolute atomic E-state index is 11.3. The van der Waals surface area contributed by atoms with Gasteiger partial charge in [-0.05, 0) is 25.8 Å². The smallest absolute Gasteiger partial charge is 0.220 e. The van der Waals surface area contributed by atoms with Crippen LogP contribution < -0.4 is 5.32 Å². The Kier molecular flexibility index (Phi) is 5.40. The van der Waals surface area contributed by atoms with Crippen LogP contribution in [0.3, 0.4) is 0 Å². The van der Waals surface area contributed by atoms with Gasteiger partial charge in [-0.3, -0.25) is 4.79 Å². The predicted molar refractivity (Wildman–Crippen MR) is 67.8 cm³/mol. The molecular weight excluding hydrogens is 214 g/mol. The maximum atomic E-state index is 11.3. The average molecular weight is 233 g/mol. The first-order chi connectivity index (χ1) is 8.08. The lowest BCUT2D eigenvalue weighted by Crippen LogP contribution is -2.25. The lowest BCUT2D eigenvalue weighted by molar-refractivity contribution is -0.124. The van der Waals surface area contributed by atoms with Crippen molar-refractivity contribution in [3.05, 3.63) is 35.4 Å². The molecule has 1 rings (SSSR count). The molecule has 0 fully saturated rings. The number of ketones is 1. The SMILES string of the molecule is CC(=O)CCC(=O)NCCc1cccc(C)c1. The summed E-state index contributed by atoms with van der Waals surface area (Å²) in [5.74, 6) is 0.00619. The molecule has 0 aliphatic carbocycles. The number of hydrogen-bond acceptors (Lipinski definition) is 2. The Balaban J connectivity index is 2.23. The number of amides is 1. The summed E-state index contributed by atoms with van der Waals surface area (Å²) in [7, 11) is 0. The summed E-state index contributed by atoms with van der Waals surface area (Å²) < 4.78 is 0. The predicted octanol–water partition coefficient (Wildman–Crippen LogP) is 2.02. The molecule has 1 aromatic carbocycles. The molecule has 0 aliphatic rings. The Labute approximate surface area is 102 Å². The summed E-state index contributed by atoms with van der Waals surface area (Å²) in [4.78, 5) is 22.0. The fourth-order valence-electron chi connectivity index (χ4n) is 1.59. The van der Waals surface area contributed by atoms with Crippen LogP contribution in [0.2, 0.25) is 0 Å². The van der Waals surface area contributed by atoms with Crippen molar-refractivity contribution < 1.29 is 9.59 Å². The van der Waals surface area contributed by atoms with Gasteiger partial charge in [0.25, 0.3) is 0 Å². The zero-order valence-electron chi connectivity index (χ0n) is 10.5. The van der Waals surface area contributed by atoms with Crippen molar-refractivity contribution in [2.24, 2.45) is 0 Å². The van der Waals surface area contributed by atoms with Gasteiger partial charge in [0, 0.05) is 19.4 Å². The summed E-state index contributed by atoms with van der Waals surface area (Å²) >= 11 is 0. The van der Waals surface area contributed by atoms with E-state index in [-0.39, 0.29) is 11.7 Å². The highest BCUT2D eigenvalue weighted by atomic mass is 16.2. The monoisotopic (exact) mass is 233 g/mol. The van der Waals surface area contributed by atoms with E-state index in [1.807, 2.05) is 6.07 Å². The van der Waals surface area contributed by atoms with Crippen LogP contribution in [0.15, 0.2) is 24.3 Å². The number of Topliss-reactive ketones (excluding diaryl/α,β-unsaturated/α-hetero) is 1. The number of rotatable bonds is 6. The average Bonchev–Trinajstić information content (AvgIpc) is 2.26. The van der Waals surface area contributed by atoms with Crippen molar-refractivity contribution in [2.45, 2.75) is 33.1 Å². The van der Waals surface area contributed by atoms with Gasteiger partial charge >= 0.3 is 0 Å². The van der Waals surface area contributed by atoms with E-state index in [0.717, 1.165) is 6.42 Å². The number of benzene rings is 1. The molecule has 0 radical (unpaired) electrons. The molecule has 0 saturated heterocycles. The summed E-state index contributed by atoms with van der Waals surface area (Å²) in [5, 5.41) is 2.81. The Hall–Kier alpha value is -1.64. The van der Waals surface area contributed by atoms with Gasteiger partial charge in [-0.15, -0.1) is 0 Å². The second-order valence-corrected chi connectivity index (χ2v) is 4.29. The largest absolute Gasteiger partial charge is 0.356 e. The summed E-state index contributed by atoms with van der Waals surface area (Å²) in [6.07, 6.45) is 1.45. The molecule has 17 heavy (non-hydrogen) atoms. The second kappa shape index (κ2) is 6.84. The highest BCUT2D eigenvalue weighted by molar-refractivity contribution is 5.83. The topological polar surface area (TPSA) is 46.2 Å². The lowest BCUT2D eigenvalue weighted by atomic mass is 10.1. The van der Waals surface area contributed by atoms with Crippen LogP contribution in [0.4, 0.5) is 0 Å². The molecule has 92 valence electrons. The third kappa shape index (κ3) is 5.85. The molecule has 1 amide bonds. The third-order valence-corrected chi connectivity index (χ3v) is 2.52. The van der Waals surface area contributed by atoms with Gasteiger partial charge < -0.3 is 10.1 Å². The van der Waals surface area contributed by atoms with Crippen molar-refractivity contribution in [3.8, 4) is 0 Å². The first-order valence-corrected chi connectivity index (χ1v) is 5.89. The fraction of sp³-hybridized carbons (Fsp3) is 0.429. The normalized spacial score (nSPS) is 10.0. The van der Waals surface area contributed by atoms with Gasteiger partial charge in [-0.2, -0.15) is 0 Å². The van der Waals surface area contributed by atoms with Gasteiger partial charge in [-0.1, -0.05) is 29.8 Å². The van der Waals surface area contributed by atoms with E-state index in [2.05, 4.69) is 30.4 Å². The molecule has 0 unspecified atom stereocenters. The Morgan fingerprint density at radius 1 is 1.24 bits per heavy atom. The van der Waals surface area contributed by atoms with Gasteiger partial charge in [0.2, 0.25) is 5.91 Å². The minimum absolute atomic E-state index is 0.0483. The third-order valence-electron chi connectivity index (χ3n) is 2.52. The van der Waals surface area contributed by atoms with Crippen molar-refractivity contribution >= 4 is 11.7 Å². The Morgan fingerprint density at radius 3 is 2.65 bits per heavy atom. The zero-order valence-corrected chi connectivity index (χ0v) is 10.5. The van der Waals surface area contributed by atoms with E-state index >= 15 is 0 Å². The van der Waals surface area contributed by atoms with Gasteiger partial charge in [0.05, 0.1) is 0 Å². The first kappa shape index (κ1) is 13.4. The van der Waals surface area contributed by atoms with Crippen LogP contribution in [0, 0.1) is 6.92 Å². The van der Waals surface area contributed by atoms with E-state index in [0.29, 0.717) is 19.4 Å². The van der Waals surface area contributed by atoms with Crippen molar-refractivity contribution in [1.29, 1.82) is 0 Å². The molecule has 0 aromatic heterocycles. The quantitative estimate of drug-likeness (QED) is 0.817. The molecule has 1 N–H and O–H groups in total. The minimum atomic E-state index is -0.0483. The van der Waals surface area contributed by atoms with Crippen molar-refractivity contribution in [1.82, 2.24) is 5.32 Å². The van der Waals surface area contributed by atoms with Crippen molar-refractivity contribution in [3.63, 3.8) is 0 Å². The molecule has 3 nitrogen and oxygen atoms in total. The van der Waals surface area contributed by atoms with Crippen LogP contribution >= 0.6 is 0 Å². The molecule has 0 aliphatic heterocycles. The first-order valence-electron chi connectivity index (χ1n) is 5.89. The van der Waals surface area contributed by atoms with Gasteiger partial charge in [0.15, 0.2) is 0 Å². The molecule has 3 heteroatoms. The van der Waals surface area contributed by atoms with Gasteiger partial charge in [0.1, 0.15) is 5.78 Å². The summed E-state index contributed by atoms with van der Waals surface area (Å²) in [5.41, 5.74) is 2.45. The van der Waals surface area contributed by atoms with E-state index in [1.54, 1.807) is 0 Å². The zero-order chi connectivity index (χ0) is 12.7. The van der Waals surface area contributed by atoms with Gasteiger partial charge in [-0.25, -0.2) is 0 Å². The lowest BCUT2D eigenvalue weighted by Gasteiger charge is -2.05. The molecule has 0 atom stereocenters. The van der Waals surface area contributed by atoms with Crippen molar-refractivity contribution in [2.75, 3.05) is 6.54 Å². The highest BCUT2D eigenvalue weighted by Gasteiger charge is 2.02. The summed E-state index contributed by atoms with van der Waals surface area (Å²) in [6.45, 7) is 4.18. The minimum Gasteiger partial charge on any atom is -0.356 e. The molecule has 0 spiro atoms. The number of carbonyl (C=O) groups excluding carboxylic acids is 2. The highest BCUT2D eigenvalue weighted by Crippen LogP contribution is 2.03. The standard InChI is InChI=1S/C14H19NO2/c1-11-4-3-5-13(10-11)8-9-15-14(17)7-6-12(2)16/h3-5,10H,6-9H2,1-2H3,(H,15,17). The second-order valence-electron chi connectivity index (χ2n) is 4.29. The number of nitrogens with one attached hydrogen (secondary N) is 1. The Morgan fingerprint density at radius 2 is 2.00 bits per heavy atom. The maximum Gasteiger partial charge on any atom is 0.220 e. The number of aryl methyl sites for hydroxylation is 1. The summed E-state index contributed by atoms with van der Waals surface area (Å²) in [6, 6.07) is 8.23. The molecule has 0 saturated carbocycles. The van der Waals surface area contributed by atoms with Crippen LogP contribution in [0.5, 0.6) is 0 Å². The number of carbonyl (C=O) groups is 2. The molecule has 0 heterocycles. The number of hydrogen-bond donors (Lipinski definition) is 1. The van der Waals surface area contributed by atoms with Crippen LogP contribution in [0.25, 0.3) is 0 Å². The van der Waals surface area contributed by atoms with Crippen LogP contribution in [0.1, 0.15) is 30.9 Å². The molecule has 0 bridgehead atoms. The van der Waals surface area contributed by atoms with E-state index in [4.69, 9.17) is 0 Å². The van der Waals surface area contributed by atoms with E-state index in [9.17, 15) is 9.59 Å². The van der Waals surface area contributed by atoms with Crippen LogP contribution in [-0.4, -0.2) is 18.2 Å². The van der Waals surface area contributed by atoms with E-state index < -0.39 is 0 Å². The van der Waals surface area contributed by atoms with E-state index in [1.165, 1.54) is 18.1 Å².